The van der Waals surface area contributed by atoms with E-state index in [9.17, 15) is 4.39 Å². The van der Waals surface area contributed by atoms with Gasteiger partial charge in [-0.15, -0.1) is 0 Å². The number of methoxy groups -OCH3 is 1. The average Bonchev–Trinajstić information content (AvgIpc) is 3.05. The summed E-state index contributed by atoms with van der Waals surface area (Å²) in [7, 11) is 1.50. The maximum absolute atomic E-state index is 14.1. The van der Waals surface area contributed by atoms with Gasteiger partial charge in [0.25, 0.3) is 0 Å². The number of rotatable bonds is 8. The Balaban J connectivity index is 1.52. The molecule has 0 radical (unpaired) electrons. The normalized spacial score (nSPS) is 11.2. The fraction of sp³-hybridized carbons (Fsp3) is 0.333. The molecule has 2 N–H and O–H groups in total. The van der Waals surface area contributed by atoms with Gasteiger partial charge in [-0.1, -0.05) is 30.3 Å². The fourth-order valence-corrected chi connectivity index (χ4v) is 3.21. The molecule has 0 atom stereocenters. The van der Waals surface area contributed by atoms with Crippen LogP contribution < -0.4 is 10.1 Å². The minimum absolute atomic E-state index is 0.289. The van der Waals surface area contributed by atoms with Gasteiger partial charge in [-0.05, 0) is 56.5 Å². The topological polar surface area (TPSA) is 37.0 Å². The van der Waals surface area contributed by atoms with Gasteiger partial charge >= 0.3 is 0 Å². The van der Waals surface area contributed by atoms with Crippen LogP contribution in [-0.2, 0) is 12.8 Å². The van der Waals surface area contributed by atoms with Crippen molar-refractivity contribution in [2.24, 2.45) is 0 Å². The summed E-state index contributed by atoms with van der Waals surface area (Å²) in [6.45, 7) is 3.68. The van der Waals surface area contributed by atoms with Crippen LogP contribution in [-0.4, -0.2) is 25.2 Å². The van der Waals surface area contributed by atoms with Crippen LogP contribution in [0.25, 0.3) is 10.9 Å². The van der Waals surface area contributed by atoms with Crippen LogP contribution >= 0.6 is 0 Å². The zero-order valence-corrected chi connectivity index (χ0v) is 14.9. The molecule has 3 nitrogen and oxygen atoms in total. The molecule has 0 saturated heterocycles. The summed E-state index contributed by atoms with van der Waals surface area (Å²) in [5.74, 6) is 0.0177. The van der Waals surface area contributed by atoms with Crippen molar-refractivity contribution >= 4 is 10.9 Å². The first-order chi connectivity index (χ1) is 12.2. The first kappa shape index (κ1) is 17.5. The van der Waals surface area contributed by atoms with Crippen LogP contribution in [0.15, 0.2) is 42.6 Å². The van der Waals surface area contributed by atoms with E-state index >= 15 is 0 Å². The number of halogens is 1. The summed E-state index contributed by atoms with van der Waals surface area (Å²) >= 11 is 0. The van der Waals surface area contributed by atoms with Crippen molar-refractivity contribution in [1.29, 1.82) is 0 Å². The predicted octanol–water partition coefficient (Wildman–Crippen LogP) is 4.39. The standard InChI is InChI=1S/C21H25FN2O/c1-15-20(22)19(25-2)13-18-17(14-24-21(15)18)10-12-23-11-6-9-16-7-4-3-5-8-16/h3-5,7-8,13-14,23-24H,6,9-12H2,1-2H3. The lowest BCUT2D eigenvalue weighted by Crippen LogP contribution is -2.18. The molecule has 3 rings (SSSR count). The second kappa shape index (κ2) is 8.17. The van der Waals surface area contributed by atoms with E-state index in [0.29, 0.717) is 11.3 Å². The van der Waals surface area contributed by atoms with Gasteiger partial charge in [0.1, 0.15) is 0 Å². The van der Waals surface area contributed by atoms with Crippen molar-refractivity contribution in [1.82, 2.24) is 10.3 Å². The van der Waals surface area contributed by atoms with Gasteiger partial charge in [-0.25, -0.2) is 4.39 Å². The number of ether oxygens (including phenoxy) is 1. The monoisotopic (exact) mass is 340 g/mol. The van der Waals surface area contributed by atoms with Crippen LogP contribution in [0.3, 0.4) is 0 Å². The third-order valence-corrected chi connectivity index (χ3v) is 4.65. The first-order valence-corrected chi connectivity index (χ1v) is 8.78. The van der Waals surface area contributed by atoms with Gasteiger partial charge in [0.05, 0.1) is 12.6 Å². The molecule has 4 heteroatoms. The molecule has 0 aliphatic carbocycles. The molecule has 0 saturated carbocycles. The molecule has 3 aromatic rings. The van der Waals surface area contributed by atoms with Crippen molar-refractivity contribution in [3.63, 3.8) is 0 Å². The molecule has 0 bridgehead atoms. The third-order valence-electron chi connectivity index (χ3n) is 4.65. The number of H-pyrrole nitrogens is 1. The average molecular weight is 340 g/mol. The van der Waals surface area contributed by atoms with E-state index in [0.717, 1.165) is 43.3 Å². The van der Waals surface area contributed by atoms with Crippen LogP contribution in [0.1, 0.15) is 23.1 Å². The molecule has 0 aliphatic heterocycles. The van der Waals surface area contributed by atoms with Crippen LogP contribution in [0, 0.1) is 12.7 Å². The smallest absolute Gasteiger partial charge is 0.170 e. The lowest BCUT2D eigenvalue weighted by molar-refractivity contribution is 0.386. The Kier molecular flexibility index (Phi) is 5.71. The molecule has 0 aliphatic rings. The zero-order valence-electron chi connectivity index (χ0n) is 14.9. The van der Waals surface area contributed by atoms with Crippen molar-refractivity contribution in [3.05, 3.63) is 65.1 Å². The number of benzene rings is 2. The van der Waals surface area contributed by atoms with E-state index < -0.39 is 0 Å². The number of aryl methyl sites for hydroxylation is 2. The van der Waals surface area contributed by atoms with Crippen molar-refractivity contribution in [3.8, 4) is 5.75 Å². The van der Waals surface area contributed by atoms with Gasteiger partial charge in [-0.2, -0.15) is 0 Å². The van der Waals surface area contributed by atoms with Crippen LogP contribution in [0.5, 0.6) is 5.75 Å². The Morgan fingerprint density at radius 3 is 2.68 bits per heavy atom. The quantitative estimate of drug-likeness (QED) is 0.597. The minimum Gasteiger partial charge on any atom is -0.494 e. The molecule has 0 spiro atoms. The van der Waals surface area contributed by atoms with E-state index in [1.807, 2.05) is 12.3 Å². The molecule has 1 heterocycles. The molecule has 1 aromatic heterocycles. The largest absolute Gasteiger partial charge is 0.494 e. The van der Waals surface area contributed by atoms with Gasteiger partial charge in [0.2, 0.25) is 0 Å². The number of nitrogens with one attached hydrogen (secondary N) is 2. The summed E-state index contributed by atoms with van der Waals surface area (Å²) in [4.78, 5) is 3.20. The van der Waals surface area contributed by atoms with Crippen molar-refractivity contribution in [2.45, 2.75) is 26.2 Å². The first-order valence-electron chi connectivity index (χ1n) is 8.78. The highest BCUT2D eigenvalue weighted by Crippen LogP contribution is 2.30. The van der Waals surface area contributed by atoms with Gasteiger partial charge < -0.3 is 15.0 Å². The second-order valence-electron chi connectivity index (χ2n) is 6.34. The number of fused-ring (bicyclic) bond motifs is 1. The SMILES string of the molecule is COc1cc2c(CCNCCCc3ccccc3)c[nH]c2c(C)c1F. The van der Waals surface area contributed by atoms with E-state index in [1.165, 1.54) is 18.2 Å². The molecule has 0 unspecified atom stereocenters. The maximum atomic E-state index is 14.1. The van der Waals surface area contributed by atoms with Crippen LogP contribution in [0.2, 0.25) is 0 Å². The summed E-state index contributed by atoms with van der Waals surface area (Å²) in [6, 6.07) is 12.3. The lowest BCUT2D eigenvalue weighted by atomic mass is 10.1. The Labute approximate surface area is 148 Å². The Bertz CT molecular complexity index is 827. The summed E-state index contributed by atoms with van der Waals surface area (Å²) in [5, 5.41) is 4.54. The molecule has 2 aromatic carbocycles. The van der Waals surface area contributed by atoms with E-state index in [1.54, 1.807) is 13.0 Å². The number of aromatic amines is 1. The summed E-state index contributed by atoms with van der Waals surface area (Å²) in [6.07, 6.45) is 5.09. The maximum Gasteiger partial charge on any atom is 0.170 e. The van der Waals surface area contributed by atoms with Crippen LogP contribution in [0.4, 0.5) is 4.39 Å². The Morgan fingerprint density at radius 1 is 1.12 bits per heavy atom. The van der Waals surface area contributed by atoms with E-state index in [-0.39, 0.29) is 5.82 Å². The second-order valence-corrected chi connectivity index (χ2v) is 6.34. The highest BCUT2D eigenvalue weighted by Gasteiger charge is 2.14. The molecular weight excluding hydrogens is 315 g/mol. The Morgan fingerprint density at radius 2 is 1.92 bits per heavy atom. The summed E-state index contributed by atoms with van der Waals surface area (Å²) in [5.41, 5.74) is 4.03. The van der Waals surface area contributed by atoms with Gasteiger partial charge in [0, 0.05) is 17.1 Å². The number of aromatic nitrogens is 1. The predicted molar refractivity (Wildman–Crippen MR) is 101 cm³/mol. The minimum atomic E-state index is -0.289. The zero-order chi connectivity index (χ0) is 17.6. The number of hydrogen-bond acceptors (Lipinski definition) is 2. The van der Waals surface area contributed by atoms with Gasteiger partial charge in [-0.3, -0.25) is 0 Å². The molecule has 132 valence electrons. The molecule has 0 amide bonds. The fourth-order valence-electron chi connectivity index (χ4n) is 3.21. The van der Waals surface area contributed by atoms with Crippen molar-refractivity contribution in [2.75, 3.05) is 20.2 Å². The highest BCUT2D eigenvalue weighted by molar-refractivity contribution is 5.87. The molecular formula is C21H25FN2O. The van der Waals surface area contributed by atoms with E-state index in [2.05, 4.69) is 34.6 Å². The lowest BCUT2D eigenvalue weighted by Gasteiger charge is -2.08. The molecule has 0 fully saturated rings. The summed E-state index contributed by atoms with van der Waals surface area (Å²) < 4.78 is 19.3. The number of hydrogen-bond donors (Lipinski definition) is 2. The van der Waals surface area contributed by atoms with Crippen molar-refractivity contribution < 1.29 is 9.13 Å². The Hall–Kier alpha value is -2.33. The van der Waals surface area contributed by atoms with E-state index in [4.69, 9.17) is 4.74 Å². The van der Waals surface area contributed by atoms with Gasteiger partial charge in [0.15, 0.2) is 11.6 Å². The highest BCUT2D eigenvalue weighted by atomic mass is 19.1. The third kappa shape index (κ3) is 4.02. The molecule has 25 heavy (non-hydrogen) atoms.